The first-order valence-electron chi connectivity index (χ1n) is 8.95. The molecule has 30 heavy (non-hydrogen) atoms. The van der Waals surface area contributed by atoms with Crippen LogP contribution in [0.25, 0.3) is 11.1 Å². The molecule has 0 aliphatic rings. The summed E-state index contributed by atoms with van der Waals surface area (Å²) in [5.74, 6) is -1.11. The van der Waals surface area contributed by atoms with Crippen LogP contribution in [0.3, 0.4) is 0 Å². The average Bonchev–Trinajstić information content (AvgIpc) is 2.74. The van der Waals surface area contributed by atoms with Gasteiger partial charge in [-0.05, 0) is 47.9 Å². The fourth-order valence-corrected chi connectivity index (χ4v) is 2.71. The van der Waals surface area contributed by atoms with E-state index in [0.29, 0.717) is 5.56 Å². The molecule has 0 heterocycles. The van der Waals surface area contributed by atoms with Crippen LogP contribution in [0.1, 0.15) is 15.9 Å². The minimum absolute atomic E-state index is 0.151. The lowest BCUT2D eigenvalue weighted by atomic mass is 10.0. The highest BCUT2D eigenvalue weighted by molar-refractivity contribution is 5.96. The van der Waals surface area contributed by atoms with Crippen molar-refractivity contribution in [2.75, 3.05) is 11.9 Å². The summed E-state index contributed by atoms with van der Waals surface area (Å²) >= 11 is 0. The predicted octanol–water partition coefficient (Wildman–Crippen LogP) is 4.07. The van der Waals surface area contributed by atoms with Gasteiger partial charge in [-0.1, -0.05) is 30.3 Å². The van der Waals surface area contributed by atoms with Crippen molar-refractivity contribution in [2.24, 2.45) is 0 Å². The van der Waals surface area contributed by atoms with E-state index in [1.54, 1.807) is 55.5 Å². The predicted molar refractivity (Wildman–Crippen MR) is 110 cm³/mol. The van der Waals surface area contributed by atoms with Gasteiger partial charge in [0, 0.05) is 12.1 Å². The molecule has 0 aliphatic heterocycles. The molecule has 0 fully saturated rings. The number of non-ortho nitro benzene ring substituents is 1. The highest BCUT2D eigenvalue weighted by Gasteiger charge is 2.14. The monoisotopic (exact) mass is 406 g/mol. The molecule has 0 aromatic heterocycles. The Morgan fingerprint density at radius 3 is 2.20 bits per heavy atom. The number of amides is 1. The number of carbonyl (C=O) groups excluding carboxylic acids is 2. The quantitative estimate of drug-likeness (QED) is 0.362. The molecule has 3 aromatic carbocycles. The van der Waals surface area contributed by atoms with E-state index in [1.165, 1.54) is 18.2 Å². The number of ether oxygens (including phenoxy) is 1. The number of hydrogen-bond acceptors (Lipinski definition) is 6. The Hall–Kier alpha value is -4.20. The Labute approximate surface area is 171 Å². The van der Waals surface area contributed by atoms with Crippen molar-refractivity contribution in [3.8, 4) is 16.9 Å². The highest BCUT2D eigenvalue weighted by atomic mass is 16.6. The Balaban J connectivity index is 1.59. The molecule has 0 atom stereocenters. The molecule has 0 saturated heterocycles. The summed E-state index contributed by atoms with van der Waals surface area (Å²) in [5.41, 5.74) is 2.77. The first-order chi connectivity index (χ1) is 14.3. The van der Waals surface area contributed by atoms with Gasteiger partial charge in [0.2, 0.25) is 0 Å². The molecule has 0 unspecified atom stereocenters. The fraction of sp³-hybridized carbons (Fsp3) is 0.0909. The van der Waals surface area contributed by atoms with Crippen LogP contribution in [0.4, 0.5) is 11.4 Å². The lowest BCUT2D eigenvalue weighted by Crippen LogP contribution is -2.21. The summed E-state index contributed by atoms with van der Waals surface area (Å²) in [7, 11) is 0. The number of aromatic hydroxyl groups is 1. The summed E-state index contributed by atoms with van der Waals surface area (Å²) in [4.78, 5) is 34.6. The number of phenolic OH excluding ortho intramolecular Hbond substituents is 1. The zero-order chi connectivity index (χ0) is 21.7. The number of aryl methyl sites for hydroxylation is 1. The van der Waals surface area contributed by atoms with Crippen LogP contribution in [-0.2, 0) is 9.53 Å². The van der Waals surface area contributed by atoms with Gasteiger partial charge in [-0.25, -0.2) is 4.79 Å². The van der Waals surface area contributed by atoms with E-state index in [9.17, 15) is 24.8 Å². The van der Waals surface area contributed by atoms with Gasteiger partial charge in [0.05, 0.1) is 16.2 Å². The molecule has 152 valence electrons. The molecule has 0 spiro atoms. The molecule has 3 rings (SSSR count). The van der Waals surface area contributed by atoms with Crippen molar-refractivity contribution in [1.29, 1.82) is 0 Å². The van der Waals surface area contributed by atoms with Crippen LogP contribution in [0.2, 0.25) is 0 Å². The van der Waals surface area contributed by atoms with Crippen LogP contribution in [0.5, 0.6) is 5.75 Å². The van der Waals surface area contributed by atoms with Crippen LogP contribution in [0.15, 0.2) is 66.7 Å². The van der Waals surface area contributed by atoms with Crippen molar-refractivity contribution in [3.05, 3.63) is 88.0 Å². The van der Waals surface area contributed by atoms with Gasteiger partial charge in [-0.15, -0.1) is 0 Å². The second-order valence-electron chi connectivity index (χ2n) is 6.50. The average molecular weight is 406 g/mol. The van der Waals surface area contributed by atoms with E-state index in [2.05, 4.69) is 5.32 Å². The third-order valence-electron chi connectivity index (χ3n) is 4.36. The number of nitrogens with one attached hydrogen (secondary N) is 1. The number of hydrogen-bond donors (Lipinski definition) is 2. The number of benzene rings is 3. The molecule has 0 bridgehead atoms. The maximum absolute atomic E-state index is 12.2. The molecule has 8 heteroatoms. The number of nitro groups is 1. The van der Waals surface area contributed by atoms with E-state index in [-0.39, 0.29) is 22.7 Å². The summed E-state index contributed by atoms with van der Waals surface area (Å²) in [6.45, 7) is 1.17. The SMILES string of the molecule is Cc1ccc([N+](=O)[O-])cc1NC(=O)COC(=O)c1ccc(-c2ccc(O)cc2)cc1. The maximum Gasteiger partial charge on any atom is 0.338 e. The largest absolute Gasteiger partial charge is 0.508 e. The number of rotatable bonds is 6. The smallest absolute Gasteiger partial charge is 0.338 e. The van der Waals surface area contributed by atoms with Crippen molar-refractivity contribution in [2.45, 2.75) is 6.92 Å². The number of carbonyl (C=O) groups is 2. The van der Waals surface area contributed by atoms with Gasteiger partial charge in [-0.2, -0.15) is 0 Å². The van der Waals surface area contributed by atoms with Crippen LogP contribution in [0, 0.1) is 17.0 Å². The zero-order valence-corrected chi connectivity index (χ0v) is 16.0. The fourth-order valence-electron chi connectivity index (χ4n) is 2.71. The summed E-state index contributed by atoms with van der Waals surface area (Å²) in [6, 6.07) is 17.4. The maximum atomic E-state index is 12.2. The Bertz CT molecular complexity index is 1090. The number of nitrogens with zero attached hydrogens (tertiary/aromatic N) is 1. The van der Waals surface area contributed by atoms with Crippen LogP contribution >= 0.6 is 0 Å². The van der Waals surface area contributed by atoms with E-state index >= 15 is 0 Å². The Kier molecular flexibility index (Phi) is 6.07. The third-order valence-corrected chi connectivity index (χ3v) is 4.36. The van der Waals surface area contributed by atoms with Crippen molar-refractivity contribution < 1.29 is 24.4 Å². The normalized spacial score (nSPS) is 10.3. The molecule has 0 aliphatic carbocycles. The Morgan fingerprint density at radius 2 is 1.60 bits per heavy atom. The number of anilines is 1. The van der Waals surface area contributed by atoms with Crippen molar-refractivity contribution >= 4 is 23.3 Å². The van der Waals surface area contributed by atoms with E-state index in [0.717, 1.165) is 11.1 Å². The minimum atomic E-state index is -0.668. The van der Waals surface area contributed by atoms with Gasteiger partial charge in [0.25, 0.3) is 11.6 Å². The second-order valence-corrected chi connectivity index (χ2v) is 6.50. The van der Waals surface area contributed by atoms with Crippen molar-refractivity contribution in [3.63, 3.8) is 0 Å². The molecule has 3 aromatic rings. The lowest BCUT2D eigenvalue weighted by molar-refractivity contribution is -0.384. The zero-order valence-electron chi connectivity index (χ0n) is 16.0. The molecule has 2 N–H and O–H groups in total. The van der Waals surface area contributed by atoms with Crippen LogP contribution < -0.4 is 5.32 Å². The van der Waals surface area contributed by atoms with E-state index in [4.69, 9.17) is 4.74 Å². The Morgan fingerprint density at radius 1 is 1.00 bits per heavy atom. The molecule has 8 nitrogen and oxygen atoms in total. The minimum Gasteiger partial charge on any atom is -0.508 e. The number of nitro benzene ring substituents is 1. The molecular weight excluding hydrogens is 388 g/mol. The molecular formula is C22H18N2O6. The van der Waals surface area contributed by atoms with Gasteiger partial charge >= 0.3 is 5.97 Å². The standard InChI is InChI=1S/C22H18N2O6/c1-14-2-9-18(24(28)29)12-20(14)23-21(26)13-30-22(27)17-5-3-15(4-6-17)16-7-10-19(25)11-8-16/h2-12,25H,13H2,1H3,(H,23,26). The van der Waals surface area contributed by atoms with E-state index in [1.807, 2.05) is 0 Å². The lowest BCUT2D eigenvalue weighted by Gasteiger charge is -2.09. The summed E-state index contributed by atoms with van der Waals surface area (Å²) < 4.78 is 5.02. The molecule has 1 amide bonds. The van der Waals surface area contributed by atoms with Crippen molar-refractivity contribution in [1.82, 2.24) is 0 Å². The molecule has 0 radical (unpaired) electrons. The first kappa shape index (κ1) is 20.5. The van der Waals surface area contributed by atoms with E-state index < -0.39 is 23.4 Å². The third kappa shape index (κ3) is 4.99. The van der Waals surface area contributed by atoms with Crippen LogP contribution in [-0.4, -0.2) is 28.5 Å². The topological polar surface area (TPSA) is 119 Å². The summed E-state index contributed by atoms with van der Waals surface area (Å²) in [6.07, 6.45) is 0. The highest BCUT2D eigenvalue weighted by Crippen LogP contribution is 2.23. The van der Waals surface area contributed by atoms with Gasteiger partial charge in [-0.3, -0.25) is 14.9 Å². The summed E-state index contributed by atoms with van der Waals surface area (Å²) in [5, 5.41) is 22.7. The number of phenols is 1. The van der Waals surface area contributed by atoms with Gasteiger partial charge in [0.15, 0.2) is 6.61 Å². The molecule has 0 saturated carbocycles. The number of esters is 1. The second kappa shape index (κ2) is 8.87. The first-order valence-corrected chi connectivity index (χ1v) is 8.95. The van der Waals surface area contributed by atoms with Gasteiger partial charge < -0.3 is 15.2 Å². The van der Waals surface area contributed by atoms with Gasteiger partial charge in [0.1, 0.15) is 5.75 Å².